The highest BCUT2D eigenvalue weighted by Gasteiger charge is 2.11. The van der Waals surface area contributed by atoms with E-state index in [9.17, 15) is 9.59 Å². The number of benzene rings is 2. The molecule has 0 atom stereocenters. The maximum Gasteiger partial charge on any atom is 0.338 e. The Balaban J connectivity index is 1.91. The lowest BCUT2D eigenvalue weighted by Crippen LogP contribution is -2.34. The second-order valence-electron chi connectivity index (χ2n) is 5.82. The number of thiocarbonyl (C=S) groups is 1. The fourth-order valence-electron chi connectivity index (χ4n) is 2.23. The Morgan fingerprint density at radius 2 is 1.79 bits per heavy atom. The number of methoxy groups -OCH3 is 1. The normalized spacial score (nSPS) is 10.1. The van der Waals surface area contributed by atoms with Crippen molar-refractivity contribution in [3.05, 3.63) is 58.1 Å². The van der Waals surface area contributed by atoms with Gasteiger partial charge in [-0.15, -0.1) is 0 Å². The molecule has 0 saturated carbocycles. The largest absolute Gasteiger partial charge is 0.496 e. The second-order valence-corrected chi connectivity index (χ2v) is 7.09. The zero-order valence-electron chi connectivity index (χ0n) is 15.6. The lowest BCUT2D eigenvalue weighted by atomic mass is 10.2. The predicted octanol–water partition coefficient (Wildman–Crippen LogP) is 4.54. The first kappa shape index (κ1) is 21.8. The van der Waals surface area contributed by atoms with E-state index in [-0.39, 0.29) is 17.0 Å². The van der Waals surface area contributed by atoms with Crippen molar-refractivity contribution in [1.29, 1.82) is 0 Å². The van der Waals surface area contributed by atoms with Crippen LogP contribution >= 0.6 is 28.1 Å². The van der Waals surface area contributed by atoms with Gasteiger partial charge in [0.15, 0.2) is 5.11 Å². The summed E-state index contributed by atoms with van der Waals surface area (Å²) in [7, 11) is 1.55. The number of halogens is 1. The van der Waals surface area contributed by atoms with E-state index >= 15 is 0 Å². The van der Waals surface area contributed by atoms with Crippen molar-refractivity contribution in [2.24, 2.45) is 0 Å². The molecule has 0 spiro atoms. The van der Waals surface area contributed by atoms with Crippen LogP contribution in [0.1, 0.15) is 40.5 Å². The molecule has 148 valence electrons. The van der Waals surface area contributed by atoms with Gasteiger partial charge in [0.2, 0.25) is 0 Å². The molecule has 0 heterocycles. The number of unbranched alkanes of at least 4 members (excludes halogenated alkanes) is 1. The molecular weight excluding hydrogens is 444 g/mol. The third-order valence-corrected chi connectivity index (χ3v) is 4.57. The Hall–Kier alpha value is -2.45. The molecule has 0 fully saturated rings. The molecule has 0 aliphatic rings. The monoisotopic (exact) mass is 464 g/mol. The van der Waals surface area contributed by atoms with Gasteiger partial charge in [-0.05, 0) is 77.0 Å². The van der Waals surface area contributed by atoms with E-state index in [1.54, 1.807) is 49.6 Å². The summed E-state index contributed by atoms with van der Waals surface area (Å²) in [6.07, 6.45) is 1.80. The minimum absolute atomic E-state index is 0.148. The molecule has 28 heavy (non-hydrogen) atoms. The first-order chi connectivity index (χ1) is 13.4. The van der Waals surface area contributed by atoms with Crippen molar-refractivity contribution in [3.63, 3.8) is 0 Å². The number of ether oxygens (including phenoxy) is 2. The molecular formula is C20H21BrN2O4S. The quantitative estimate of drug-likeness (QED) is 0.355. The topological polar surface area (TPSA) is 76.7 Å². The van der Waals surface area contributed by atoms with Crippen molar-refractivity contribution in [1.82, 2.24) is 5.32 Å². The summed E-state index contributed by atoms with van der Waals surface area (Å²) >= 11 is 8.52. The van der Waals surface area contributed by atoms with Gasteiger partial charge in [-0.2, -0.15) is 0 Å². The lowest BCUT2D eigenvalue weighted by molar-refractivity contribution is 0.0499. The molecule has 0 aromatic heterocycles. The Morgan fingerprint density at radius 3 is 2.39 bits per heavy atom. The van der Waals surface area contributed by atoms with Crippen LogP contribution in [0, 0.1) is 0 Å². The number of hydrogen-bond acceptors (Lipinski definition) is 5. The van der Waals surface area contributed by atoms with Crippen LogP contribution in [-0.4, -0.2) is 30.7 Å². The highest BCUT2D eigenvalue weighted by atomic mass is 79.9. The molecule has 0 unspecified atom stereocenters. The molecule has 2 aromatic rings. The number of esters is 1. The Bertz CT molecular complexity index is 856. The summed E-state index contributed by atoms with van der Waals surface area (Å²) in [4.78, 5) is 24.2. The van der Waals surface area contributed by atoms with E-state index in [0.29, 0.717) is 33.6 Å². The van der Waals surface area contributed by atoms with Crippen molar-refractivity contribution >= 4 is 50.8 Å². The summed E-state index contributed by atoms with van der Waals surface area (Å²) in [6, 6.07) is 11.6. The SMILES string of the molecule is CCCCOC(=O)c1ccc(NC(=S)NC(=O)c2ccc(OC)c(Br)c2)cc1. The molecule has 6 nitrogen and oxygen atoms in total. The number of hydrogen-bond donors (Lipinski definition) is 2. The van der Waals surface area contributed by atoms with Crippen LogP contribution in [0.4, 0.5) is 5.69 Å². The molecule has 2 N–H and O–H groups in total. The third kappa shape index (κ3) is 6.31. The first-order valence-electron chi connectivity index (χ1n) is 8.67. The molecule has 0 aliphatic heterocycles. The summed E-state index contributed by atoms with van der Waals surface area (Å²) in [5.41, 5.74) is 1.54. The average molecular weight is 465 g/mol. The minimum Gasteiger partial charge on any atom is -0.496 e. The predicted molar refractivity (Wildman–Crippen MR) is 116 cm³/mol. The van der Waals surface area contributed by atoms with Crippen molar-refractivity contribution in [3.8, 4) is 5.75 Å². The number of rotatable bonds is 7. The van der Waals surface area contributed by atoms with Gasteiger partial charge >= 0.3 is 5.97 Å². The smallest absolute Gasteiger partial charge is 0.338 e. The van der Waals surface area contributed by atoms with Crippen LogP contribution in [0.15, 0.2) is 46.9 Å². The summed E-state index contributed by atoms with van der Waals surface area (Å²) in [5, 5.41) is 5.67. The fraction of sp³-hybridized carbons (Fsp3) is 0.250. The highest BCUT2D eigenvalue weighted by molar-refractivity contribution is 9.10. The zero-order chi connectivity index (χ0) is 20.5. The van der Waals surface area contributed by atoms with Gasteiger partial charge in [-0.1, -0.05) is 13.3 Å². The Morgan fingerprint density at radius 1 is 1.11 bits per heavy atom. The van der Waals surface area contributed by atoms with Crippen LogP contribution in [0.3, 0.4) is 0 Å². The van der Waals surface area contributed by atoms with Gasteiger partial charge in [0.25, 0.3) is 5.91 Å². The molecule has 0 aliphatic carbocycles. The average Bonchev–Trinajstić information content (AvgIpc) is 2.68. The van der Waals surface area contributed by atoms with E-state index in [0.717, 1.165) is 12.8 Å². The Labute approximate surface area is 177 Å². The highest BCUT2D eigenvalue weighted by Crippen LogP contribution is 2.25. The van der Waals surface area contributed by atoms with E-state index < -0.39 is 0 Å². The maximum absolute atomic E-state index is 12.3. The number of anilines is 1. The molecule has 1 amide bonds. The number of carbonyl (C=O) groups is 2. The van der Waals surface area contributed by atoms with E-state index in [2.05, 4.69) is 26.6 Å². The zero-order valence-corrected chi connectivity index (χ0v) is 18.0. The number of nitrogens with one attached hydrogen (secondary N) is 2. The summed E-state index contributed by atoms with van der Waals surface area (Å²) < 4.78 is 11.0. The minimum atomic E-state index is -0.360. The lowest BCUT2D eigenvalue weighted by Gasteiger charge is -2.11. The summed E-state index contributed by atoms with van der Waals surface area (Å²) in [6.45, 7) is 2.44. The van der Waals surface area contributed by atoms with Crippen LogP contribution in [0.2, 0.25) is 0 Å². The van der Waals surface area contributed by atoms with Gasteiger partial charge in [0.05, 0.1) is 23.8 Å². The van der Waals surface area contributed by atoms with E-state index in [1.165, 1.54) is 0 Å². The van der Waals surface area contributed by atoms with Gasteiger partial charge in [-0.3, -0.25) is 10.1 Å². The van der Waals surface area contributed by atoms with Crippen LogP contribution in [-0.2, 0) is 4.74 Å². The first-order valence-corrected chi connectivity index (χ1v) is 9.87. The van der Waals surface area contributed by atoms with Crippen molar-refractivity contribution in [2.75, 3.05) is 19.0 Å². The molecule has 0 saturated heterocycles. The van der Waals surface area contributed by atoms with E-state index in [1.807, 2.05) is 6.92 Å². The van der Waals surface area contributed by atoms with Crippen molar-refractivity contribution in [2.45, 2.75) is 19.8 Å². The molecule has 2 aromatic carbocycles. The standard InChI is InChI=1S/C20H21BrN2O4S/c1-3-4-11-27-19(25)13-5-8-15(9-6-13)22-20(28)23-18(24)14-7-10-17(26-2)16(21)12-14/h5-10,12H,3-4,11H2,1-2H3,(H2,22,23,24,28). The molecule has 0 bridgehead atoms. The van der Waals surface area contributed by atoms with Gasteiger partial charge in [0, 0.05) is 11.3 Å². The van der Waals surface area contributed by atoms with Gasteiger partial charge < -0.3 is 14.8 Å². The van der Waals surface area contributed by atoms with E-state index in [4.69, 9.17) is 21.7 Å². The molecule has 2 rings (SSSR count). The second kappa shape index (κ2) is 10.8. The Kier molecular flexibility index (Phi) is 8.41. The number of carbonyl (C=O) groups excluding carboxylic acids is 2. The fourth-order valence-corrected chi connectivity index (χ4v) is 2.98. The summed E-state index contributed by atoms with van der Waals surface area (Å²) in [5.74, 6) is -0.0801. The van der Waals surface area contributed by atoms with Crippen molar-refractivity contribution < 1.29 is 19.1 Å². The van der Waals surface area contributed by atoms with Gasteiger partial charge in [-0.25, -0.2) is 4.79 Å². The third-order valence-electron chi connectivity index (χ3n) is 3.75. The number of amides is 1. The van der Waals surface area contributed by atoms with Gasteiger partial charge in [0.1, 0.15) is 5.75 Å². The maximum atomic E-state index is 12.3. The molecule has 0 radical (unpaired) electrons. The molecule has 8 heteroatoms. The van der Waals surface area contributed by atoms with Crippen LogP contribution in [0.5, 0.6) is 5.75 Å². The van der Waals surface area contributed by atoms with Crippen LogP contribution < -0.4 is 15.4 Å². The van der Waals surface area contributed by atoms with Crippen LogP contribution in [0.25, 0.3) is 0 Å².